The van der Waals surface area contributed by atoms with Crippen LogP contribution in [0.2, 0.25) is 0 Å². The number of aromatic nitrogens is 2. The lowest BCUT2D eigenvalue weighted by atomic mass is 9.90. The SMILES string of the molecule is CC[C@]1(C)Cc2c(sc3nc(SCC(=O)O)n(-c4ccc(OC)cc4)c(=O)c23)CO1. The molecule has 9 heteroatoms. The second-order valence-electron chi connectivity index (χ2n) is 7.37. The number of thioether (sulfide) groups is 1. The molecular formula is C21H22N2O5S2. The third-order valence-electron chi connectivity index (χ3n) is 5.38. The molecule has 30 heavy (non-hydrogen) atoms. The lowest BCUT2D eigenvalue weighted by Crippen LogP contribution is -2.34. The van der Waals surface area contributed by atoms with Crippen LogP contribution < -0.4 is 10.3 Å². The van der Waals surface area contributed by atoms with E-state index in [9.17, 15) is 9.59 Å². The van der Waals surface area contributed by atoms with Gasteiger partial charge in [-0.15, -0.1) is 11.3 Å². The molecule has 0 fully saturated rings. The highest BCUT2D eigenvalue weighted by Crippen LogP contribution is 2.39. The number of hydrogen-bond acceptors (Lipinski definition) is 7. The molecule has 3 aromatic rings. The molecule has 0 amide bonds. The minimum absolute atomic E-state index is 0.184. The van der Waals surface area contributed by atoms with Crippen LogP contribution in [0, 0.1) is 0 Å². The molecule has 0 spiro atoms. The number of ether oxygens (including phenoxy) is 2. The highest BCUT2D eigenvalue weighted by molar-refractivity contribution is 7.99. The Kier molecular flexibility index (Phi) is 5.61. The summed E-state index contributed by atoms with van der Waals surface area (Å²) in [6.45, 7) is 4.60. The van der Waals surface area contributed by atoms with E-state index in [0.717, 1.165) is 28.6 Å². The zero-order chi connectivity index (χ0) is 21.5. The molecule has 0 saturated heterocycles. The van der Waals surface area contributed by atoms with Gasteiger partial charge in [0.2, 0.25) is 0 Å². The van der Waals surface area contributed by atoms with Crippen molar-refractivity contribution < 1.29 is 19.4 Å². The van der Waals surface area contributed by atoms with Gasteiger partial charge in [0, 0.05) is 11.3 Å². The van der Waals surface area contributed by atoms with Crippen molar-refractivity contribution >= 4 is 39.3 Å². The highest BCUT2D eigenvalue weighted by atomic mass is 32.2. The summed E-state index contributed by atoms with van der Waals surface area (Å²) < 4.78 is 12.8. The van der Waals surface area contributed by atoms with Crippen LogP contribution in [0.4, 0.5) is 0 Å². The smallest absolute Gasteiger partial charge is 0.313 e. The minimum atomic E-state index is -0.965. The molecule has 0 unspecified atom stereocenters. The normalized spacial score (nSPS) is 18.4. The first-order valence-electron chi connectivity index (χ1n) is 9.55. The van der Waals surface area contributed by atoms with Gasteiger partial charge in [-0.05, 0) is 43.2 Å². The van der Waals surface area contributed by atoms with E-state index in [1.807, 2.05) is 0 Å². The summed E-state index contributed by atoms with van der Waals surface area (Å²) in [6, 6.07) is 7.08. The molecule has 0 bridgehead atoms. The number of carboxylic acids is 1. The van der Waals surface area contributed by atoms with Crippen LogP contribution in [0.5, 0.6) is 5.75 Å². The van der Waals surface area contributed by atoms with Gasteiger partial charge >= 0.3 is 5.97 Å². The van der Waals surface area contributed by atoms with E-state index in [1.165, 1.54) is 15.9 Å². The maximum absolute atomic E-state index is 13.7. The first-order valence-corrected chi connectivity index (χ1v) is 11.4. The van der Waals surface area contributed by atoms with E-state index in [2.05, 4.69) is 13.8 Å². The Balaban J connectivity index is 1.93. The van der Waals surface area contributed by atoms with Gasteiger partial charge in [0.05, 0.1) is 36.1 Å². The molecule has 158 valence electrons. The number of fused-ring (bicyclic) bond motifs is 3. The summed E-state index contributed by atoms with van der Waals surface area (Å²) in [5.41, 5.74) is 1.12. The maximum Gasteiger partial charge on any atom is 0.313 e. The van der Waals surface area contributed by atoms with Gasteiger partial charge < -0.3 is 14.6 Å². The molecule has 0 radical (unpaired) electrons. The monoisotopic (exact) mass is 446 g/mol. The van der Waals surface area contributed by atoms with Crippen LogP contribution in [0.1, 0.15) is 30.7 Å². The molecule has 1 aliphatic rings. The standard InChI is InChI=1S/C21H22N2O5S2/c1-4-21(2)9-14-15(10-28-21)30-18-17(14)19(26)23(20(22-18)29-11-16(24)25)12-5-7-13(27-3)8-6-12/h5-8H,4,9-11H2,1-3H3,(H,24,25)/t21-/m1/s1. The van der Waals surface area contributed by atoms with Crippen LogP contribution >= 0.6 is 23.1 Å². The summed E-state index contributed by atoms with van der Waals surface area (Å²) >= 11 is 2.49. The molecule has 1 aromatic carbocycles. The Morgan fingerprint density at radius 2 is 2.13 bits per heavy atom. The van der Waals surface area contributed by atoms with E-state index in [-0.39, 0.29) is 16.9 Å². The fourth-order valence-corrected chi connectivity index (χ4v) is 5.39. The van der Waals surface area contributed by atoms with E-state index in [1.54, 1.807) is 31.4 Å². The van der Waals surface area contributed by atoms with Crippen LogP contribution in [0.3, 0.4) is 0 Å². The average Bonchev–Trinajstić information content (AvgIpc) is 3.10. The number of hydrogen-bond donors (Lipinski definition) is 1. The Hall–Kier alpha value is -2.36. The molecule has 3 heterocycles. The Labute approximate surface area is 181 Å². The zero-order valence-corrected chi connectivity index (χ0v) is 18.6. The van der Waals surface area contributed by atoms with Gasteiger partial charge in [0.15, 0.2) is 5.16 Å². The second kappa shape index (κ2) is 8.05. The number of carbonyl (C=O) groups is 1. The maximum atomic E-state index is 13.7. The second-order valence-corrected chi connectivity index (χ2v) is 9.39. The van der Waals surface area contributed by atoms with Gasteiger partial charge in [0.1, 0.15) is 10.6 Å². The van der Waals surface area contributed by atoms with Crippen molar-refractivity contribution in [1.82, 2.24) is 9.55 Å². The molecule has 1 atom stereocenters. The number of aliphatic carboxylic acids is 1. The van der Waals surface area contributed by atoms with Gasteiger partial charge in [-0.3, -0.25) is 14.2 Å². The van der Waals surface area contributed by atoms with E-state index < -0.39 is 5.97 Å². The van der Waals surface area contributed by atoms with Crippen molar-refractivity contribution in [2.24, 2.45) is 0 Å². The van der Waals surface area contributed by atoms with Crippen molar-refractivity contribution in [3.63, 3.8) is 0 Å². The lowest BCUT2D eigenvalue weighted by molar-refractivity contribution is -0.133. The molecule has 1 N–H and O–H groups in total. The molecule has 7 nitrogen and oxygen atoms in total. The largest absolute Gasteiger partial charge is 0.497 e. The number of methoxy groups -OCH3 is 1. The van der Waals surface area contributed by atoms with Crippen LogP contribution in [-0.2, 0) is 22.6 Å². The van der Waals surface area contributed by atoms with Crippen molar-refractivity contribution in [1.29, 1.82) is 0 Å². The van der Waals surface area contributed by atoms with Crippen LogP contribution in [0.25, 0.3) is 15.9 Å². The van der Waals surface area contributed by atoms with Crippen LogP contribution in [-0.4, -0.2) is 39.1 Å². The summed E-state index contributed by atoms with van der Waals surface area (Å²) in [6.07, 6.45) is 1.50. The van der Waals surface area contributed by atoms with E-state index >= 15 is 0 Å². The molecule has 0 aliphatic carbocycles. The predicted octanol–water partition coefficient (Wildman–Crippen LogP) is 3.87. The number of benzene rings is 1. The third-order valence-corrected chi connectivity index (χ3v) is 7.41. The van der Waals surface area contributed by atoms with Gasteiger partial charge in [-0.25, -0.2) is 4.98 Å². The molecule has 4 rings (SSSR count). The summed E-state index contributed by atoms with van der Waals surface area (Å²) in [4.78, 5) is 31.2. The van der Waals surface area contributed by atoms with Crippen LogP contribution in [0.15, 0.2) is 34.2 Å². The fraction of sp³-hybridized carbons (Fsp3) is 0.381. The fourth-order valence-electron chi connectivity index (χ4n) is 3.51. The van der Waals surface area contributed by atoms with Crippen molar-refractivity contribution in [3.05, 3.63) is 45.1 Å². The summed E-state index contributed by atoms with van der Waals surface area (Å²) in [7, 11) is 1.58. The number of nitrogens with zero attached hydrogens (tertiary/aromatic N) is 2. The van der Waals surface area contributed by atoms with Gasteiger partial charge in [0.25, 0.3) is 5.56 Å². The number of thiophene rings is 1. The highest BCUT2D eigenvalue weighted by Gasteiger charge is 2.33. The van der Waals surface area contributed by atoms with E-state index in [0.29, 0.717) is 39.8 Å². The van der Waals surface area contributed by atoms with E-state index in [4.69, 9.17) is 19.6 Å². The van der Waals surface area contributed by atoms with Gasteiger partial charge in [-0.1, -0.05) is 18.7 Å². The predicted molar refractivity (Wildman–Crippen MR) is 117 cm³/mol. The summed E-state index contributed by atoms with van der Waals surface area (Å²) in [5, 5.41) is 10.1. The quantitative estimate of drug-likeness (QED) is 0.454. The average molecular weight is 447 g/mol. The molecule has 2 aromatic heterocycles. The topological polar surface area (TPSA) is 90.6 Å². The third kappa shape index (κ3) is 3.73. The van der Waals surface area contributed by atoms with Gasteiger partial charge in [-0.2, -0.15) is 0 Å². The first-order chi connectivity index (χ1) is 14.3. The molecule has 1 aliphatic heterocycles. The zero-order valence-electron chi connectivity index (χ0n) is 16.9. The number of carboxylic acid groups (broad SMARTS) is 1. The lowest BCUT2D eigenvalue weighted by Gasteiger charge is -2.32. The summed E-state index contributed by atoms with van der Waals surface area (Å²) in [5.74, 6) is -0.478. The minimum Gasteiger partial charge on any atom is -0.497 e. The first kappa shape index (κ1) is 20.9. The molecule has 0 saturated carbocycles. The Morgan fingerprint density at radius 3 is 2.77 bits per heavy atom. The Morgan fingerprint density at radius 1 is 1.40 bits per heavy atom. The molecular weight excluding hydrogens is 424 g/mol. The van der Waals surface area contributed by atoms with Crippen molar-refractivity contribution in [2.75, 3.05) is 12.9 Å². The van der Waals surface area contributed by atoms with Crippen molar-refractivity contribution in [2.45, 2.75) is 44.1 Å². The van der Waals surface area contributed by atoms with Crippen molar-refractivity contribution in [3.8, 4) is 11.4 Å². The number of rotatable bonds is 6. The Bertz CT molecular complexity index is 1170.